The zero-order valence-corrected chi connectivity index (χ0v) is 9.98. The minimum absolute atomic E-state index is 0. The van der Waals surface area contributed by atoms with E-state index in [9.17, 15) is 4.79 Å². The van der Waals surface area contributed by atoms with Gasteiger partial charge in [-0.3, -0.25) is 4.79 Å². The summed E-state index contributed by atoms with van der Waals surface area (Å²) in [6.45, 7) is 5.72. The lowest BCUT2D eigenvalue weighted by Crippen LogP contribution is -2.42. The summed E-state index contributed by atoms with van der Waals surface area (Å²) in [4.78, 5) is 13.6. The predicted octanol–water partition coefficient (Wildman–Crippen LogP) is -0.0326. The molecular formula is C10H20ClN3O. The number of carbonyl (C=O) groups is 1. The SMILES string of the molecule is C[C@@H](N)C(=O)N1CCC2(CCNC2)C1.Cl. The molecule has 2 aliphatic rings. The lowest BCUT2D eigenvalue weighted by molar-refractivity contribution is -0.131. The summed E-state index contributed by atoms with van der Waals surface area (Å²) in [5.41, 5.74) is 5.96. The van der Waals surface area contributed by atoms with Crippen molar-refractivity contribution in [1.82, 2.24) is 10.2 Å². The van der Waals surface area contributed by atoms with Crippen LogP contribution >= 0.6 is 12.4 Å². The number of amides is 1. The fourth-order valence-electron chi connectivity index (χ4n) is 2.56. The van der Waals surface area contributed by atoms with Crippen LogP contribution in [0.4, 0.5) is 0 Å². The first kappa shape index (κ1) is 12.7. The zero-order valence-electron chi connectivity index (χ0n) is 9.16. The second-order valence-corrected chi connectivity index (χ2v) is 4.73. The van der Waals surface area contributed by atoms with Gasteiger partial charge in [-0.2, -0.15) is 0 Å². The Kier molecular flexibility index (Phi) is 3.98. The highest BCUT2D eigenvalue weighted by Gasteiger charge is 2.42. The molecule has 5 heteroatoms. The molecule has 1 spiro atoms. The van der Waals surface area contributed by atoms with Gasteiger partial charge in [-0.05, 0) is 26.3 Å². The molecule has 1 amide bonds. The van der Waals surface area contributed by atoms with Gasteiger partial charge < -0.3 is 16.0 Å². The van der Waals surface area contributed by atoms with Crippen molar-refractivity contribution in [3.8, 4) is 0 Å². The largest absolute Gasteiger partial charge is 0.341 e. The Morgan fingerprint density at radius 1 is 1.53 bits per heavy atom. The van der Waals surface area contributed by atoms with Gasteiger partial charge in [0.1, 0.15) is 0 Å². The third kappa shape index (κ3) is 2.44. The van der Waals surface area contributed by atoms with E-state index in [1.165, 1.54) is 6.42 Å². The Labute approximate surface area is 97.0 Å². The van der Waals surface area contributed by atoms with E-state index < -0.39 is 0 Å². The number of nitrogens with two attached hydrogens (primary N) is 1. The number of hydrogen-bond donors (Lipinski definition) is 2. The molecule has 0 saturated carbocycles. The molecule has 2 atom stereocenters. The number of likely N-dealkylation sites (tertiary alicyclic amines) is 1. The fourth-order valence-corrected chi connectivity index (χ4v) is 2.56. The molecule has 2 rings (SSSR count). The molecule has 0 aliphatic carbocycles. The first-order chi connectivity index (χ1) is 6.63. The quantitative estimate of drug-likeness (QED) is 0.669. The number of carbonyl (C=O) groups excluding carboxylic acids is 1. The van der Waals surface area contributed by atoms with Crippen LogP contribution in [0.1, 0.15) is 19.8 Å². The van der Waals surface area contributed by atoms with Gasteiger partial charge in [0.15, 0.2) is 0 Å². The van der Waals surface area contributed by atoms with Gasteiger partial charge in [0.2, 0.25) is 5.91 Å². The number of rotatable bonds is 1. The van der Waals surface area contributed by atoms with Crippen molar-refractivity contribution < 1.29 is 4.79 Å². The normalized spacial score (nSPS) is 31.7. The van der Waals surface area contributed by atoms with Crippen LogP contribution in [0.25, 0.3) is 0 Å². The first-order valence-electron chi connectivity index (χ1n) is 5.38. The molecule has 2 heterocycles. The zero-order chi connectivity index (χ0) is 10.2. The molecule has 2 aliphatic heterocycles. The molecule has 0 radical (unpaired) electrons. The molecule has 88 valence electrons. The van der Waals surface area contributed by atoms with Crippen LogP contribution in [0.5, 0.6) is 0 Å². The van der Waals surface area contributed by atoms with Crippen LogP contribution in [0.15, 0.2) is 0 Å². The Morgan fingerprint density at radius 2 is 2.27 bits per heavy atom. The minimum atomic E-state index is -0.348. The van der Waals surface area contributed by atoms with Crippen LogP contribution in [0.2, 0.25) is 0 Å². The van der Waals surface area contributed by atoms with E-state index in [0.29, 0.717) is 5.41 Å². The van der Waals surface area contributed by atoms with Gasteiger partial charge >= 0.3 is 0 Å². The van der Waals surface area contributed by atoms with Gasteiger partial charge in [-0.1, -0.05) is 0 Å². The second-order valence-electron chi connectivity index (χ2n) is 4.73. The first-order valence-corrected chi connectivity index (χ1v) is 5.38. The van der Waals surface area contributed by atoms with E-state index in [0.717, 1.165) is 32.6 Å². The fraction of sp³-hybridized carbons (Fsp3) is 0.900. The maximum Gasteiger partial charge on any atom is 0.239 e. The average molecular weight is 234 g/mol. The highest BCUT2D eigenvalue weighted by Crippen LogP contribution is 2.35. The third-order valence-electron chi connectivity index (χ3n) is 3.47. The summed E-state index contributed by atoms with van der Waals surface area (Å²) in [5.74, 6) is 0.105. The van der Waals surface area contributed by atoms with Crippen molar-refractivity contribution in [3.05, 3.63) is 0 Å². The van der Waals surface area contributed by atoms with Crippen molar-refractivity contribution in [3.63, 3.8) is 0 Å². The van der Waals surface area contributed by atoms with Crippen LogP contribution in [-0.2, 0) is 4.79 Å². The topological polar surface area (TPSA) is 58.4 Å². The second kappa shape index (κ2) is 4.68. The number of nitrogens with zero attached hydrogens (tertiary/aromatic N) is 1. The van der Waals surface area contributed by atoms with E-state index in [1.54, 1.807) is 6.92 Å². The smallest absolute Gasteiger partial charge is 0.239 e. The third-order valence-corrected chi connectivity index (χ3v) is 3.47. The monoisotopic (exact) mass is 233 g/mol. The molecule has 4 nitrogen and oxygen atoms in total. The van der Waals surface area contributed by atoms with E-state index >= 15 is 0 Å². The lowest BCUT2D eigenvalue weighted by atomic mass is 9.86. The van der Waals surface area contributed by atoms with Crippen LogP contribution in [0, 0.1) is 5.41 Å². The maximum atomic E-state index is 11.7. The van der Waals surface area contributed by atoms with E-state index in [2.05, 4.69) is 5.32 Å². The van der Waals surface area contributed by atoms with Gasteiger partial charge in [0.25, 0.3) is 0 Å². The molecular weight excluding hydrogens is 214 g/mol. The summed E-state index contributed by atoms with van der Waals surface area (Å²) in [6, 6.07) is -0.348. The number of halogens is 1. The Hall–Kier alpha value is -0.320. The van der Waals surface area contributed by atoms with Crippen molar-refractivity contribution in [2.75, 3.05) is 26.2 Å². The van der Waals surface area contributed by atoms with Crippen molar-refractivity contribution >= 4 is 18.3 Å². The van der Waals surface area contributed by atoms with Gasteiger partial charge in [-0.25, -0.2) is 0 Å². The number of nitrogens with one attached hydrogen (secondary N) is 1. The van der Waals surface area contributed by atoms with Crippen molar-refractivity contribution in [2.45, 2.75) is 25.8 Å². The van der Waals surface area contributed by atoms with Crippen LogP contribution in [-0.4, -0.2) is 43.0 Å². The Balaban J connectivity index is 0.00000112. The molecule has 0 aromatic carbocycles. The van der Waals surface area contributed by atoms with Crippen molar-refractivity contribution in [2.24, 2.45) is 11.1 Å². The molecule has 15 heavy (non-hydrogen) atoms. The lowest BCUT2D eigenvalue weighted by Gasteiger charge is -2.23. The predicted molar refractivity (Wildman–Crippen MR) is 62.0 cm³/mol. The maximum absolute atomic E-state index is 11.7. The van der Waals surface area contributed by atoms with Crippen LogP contribution < -0.4 is 11.1 Å². The molecule has 1 unspecified atom stereocenters. The summed E-state index contributed by atoms with van der Waals surface area (Å²) in [7, 11) is 0. The summed E-state index contributed by atoms with van der Waals surface area (Å²) in [5, 5.41) is 3.37. The van der Waals surface area contributed by atoms with Gasteiger partial charge in [0.05, 0.1) is 6.04 Å². The van der Waals surface area contributed by atoms with Crippen molar-refractivity contribution in [1.29, 1.82) is 0 Å². The highest BCUT2D eigenvalue weighted by molar-refractivity contribution is 5.85. The van der Waals surface area contributed by atoms with E-state index in [-0.39, 0.29) is 24.4 Å². The molecule has 3 N–H and O–H groups in total. The summed E-state index contributed by atoms with van der Waals surface area (Å²) >= 11 is 0. The molecule has 2 saturated heterocycles. The van der Waals surface area contributed by atoms with Crippen LogP contribution in [0.3, 0.4) is 0 Å². The standard InChI is InChI=1S/C10H19N3O.ClH/c1-8(11)9(14)13-5-3-10(7-13)2-4-12-6-10;/h8,12H,2-7,11H2,1H3;1H/t8-,10?;/m1./s1. The summed E-state index contributed by atoms with van der Waals surface area (Å²) < 4.78 is 0. The molecule has 2 fully saturated rings. The van der Waals surface area contributed by atoms with E-state index in [1.807, 2.05) is 4.90 Å². The summed E-state index contributed by atoms with van der Waals surface area (Å²) in [6.07, 6.45) is 2.34. The van der Waals surface area contributed by atoms with Gasteiger partial charge in [0, 0.05) is 25.0 Å². The number of hydrogen-bond acceptors (Lipinski definition) is 3. The average Bonchev–Trinajstić information content (AvgIpc) is 2.76. The Morgan fingerprint density at radius 3 is 2.80 bits per heavy atom. The molecule has 0 aromatic heterocycles. The Bertz CT molecular complexity index is 239. The van der Waals surface area contributed by atoms with Gasteiger partial charge in [-0.15, -0.1) is 12.4 Å². The molecule has 0 aromatic rings. The van der Waals surface area contributed by atoms with E-state index in [4.69, 9.17) is 5.73 Å². The minimum Gasteiger partial charge on any atom is -0.341 e. The highest BCUT2D eigenvalue weighted by atomic mass is 35.5. The molecule has 0 bridgehead atoms.